The van der Waals surface area contributed by atoms with Gasteiger partial charge < -0.3 is 10.5 Å². The van der Waals surface area contributed by atoms with Crippen molar-refractivity contribution in [3.05, 3.63) is 61.5 Å². The van der Waals surface area contributed by atoms with Crippen LogP contribution >= 0.6 is 43.5 Å². The van der Waals surface area contributed by atoms with E-state index in [1.807, 2.05) is 43.3 Å². The van der Waals surface area contributed by atoms with Gasteiger partial charge in [0.05, 0.1) is 17.1 Å². The van der Waals surface area contributed by atoms with Crippen molar-refractivity contribution in [2.45, 2.75) is 13.0 Å². The zero-order valence-electron chi connectivity index (χ0n) is 10.9. The summed E-state index contributed by atoms with van der Waals surface area (Å²) in [4.78, 5) is 0. The highest BCUT2D eigenvalue weighted by Crippen LogP contribution is 2.31. The lowest BCUT2D eigenvalue weighted by atomic mass is 10.00. The highest BCUT2D eigenvalue weighted by atomic mass is 79.9. The van der Waals surface area contributed by atoms with Gasteiger partial charge in [-0.05, 0) is 64.3 Å². The maximum Gasteiger partial charge on any atom is 0.133 e. The van der Waals surface area contributed by atoms with E-state index < -0.39 is 0 Å². The molecule has 0 saturated carbocycles. The molecule has 0 aromatic heterocycles. The summed E-state index contributed by atoms with van der Waals surface area (Å²) in [5.41, 5.74) is 8.26. The van der Waals surface area contributed by atoms with E-state index in [-0.39, 0.29) is 6.04 Å². The Hall–Kier alpha value is -0.550. The van der Waals surface area contributed by atoms with Crippen LogP contribution in [0.4, 0.5) is 0 Å². The second-order valence-corrected chi connectivity index (χ2v) is 6.51. The normalized spacial score (nSPS) is 12.2. The summed E-state index contributed by atoms with van der Waals surface area (Å²) in [7, 11) is 0. The Labute approximate surface area is 140 Å². The largest absolute Gasteiger partial charge is 0.493 e. The molecule has 0 aliphatic heterocycles. The Kier molecular flexibility index (Phi) is 5.49. The first kappa shape index (κ1) is 15.8. The van der Waals surface area contributed by atoms with Crippen molar-refractivity contribution in [1.82, 2.24) is 0 Å². The number of benzene rings is 2. The van der Waals surface area contributed by atoms with E-state index in [0.717, 1.165) is 25.8 Å². The SMILES string of the molecule is CCOc1ccc(C(N)c2cc(Cl)cc(Br)c2)cc1Br. The molecule has 0 saturated heterocycles. The number of hydrogen-bond acceptors (Lipinski definition) is 2. The van der Waals surface area contributed by atoms with Gasteiger partial charge in [-0.15, -0.1) is 0 Å². The van der Waals surface area contributed by atoms with E-state index >= 15 is 0 Å². The molecule has 2 nitrogen and oxygen atoms in total. The van der Waals surface area contributed by atoms with Crippen LogP contribution in [0, 0.1) is 0 Å². The minimum absolute atomic E-state index is 0.239. The molecule has 2 rings (SSSR count). The second kappa shape index (κ2) is 6.94. The van der Waals surface area contributed by atoms with E-state index in [4.69, 9.17) is 22.1 Å². The molecule has 106 valence electrons. The van der Waals surface area contributed by atoms with Gasteiger partial charge >= 0.3 is 0 Å². The standard InChI is InChI=1S/C15H14Br2ClNO/c1-2-20-14-4-3-9(7-13(14)17)15(19)10-5-11(16)8-12(18)6-10/h3-8,15H,2,19H2,1H3. The van der Waals surface area contributed by atoms with Gasteiger partial charge in [0.15, 0.2) is 0 Å². The molecule has 20 heavy (non-hydrogen) atoms. The number of halogens is 3. The molecule has 0 aliphatic carbocycles. The van der Waals surface area contributed by atoms with E-state index in [1.165, 1.54) is 0 Å². The third-order valence-electron chi connectivity index (χ3n) is 2.86. The summed E-state index contributed by atoms with van der Waals surface area (Å²) in [6.45, 7) is 2.58. The fraction of sp³-hybridized carbons (Fsp3) is 0.200. The predicted octanol–water partition coefficient (Wildman–Crippen LogP) is 5.31. The topological polar surface area (TPSA) is 35.2 Å². The molecule has 1 atom stereocenters. The smallest absolute Gasteiger partial charge is 0.133 e. The van der Waals surface area contributed by atoms with Gasteiger partial charge in [0, 0.05) is 9.50 Å². The van der Waals surface area contributed by atoms with Gasteiger partial charge in [0.25, 0.3) is 0 Å². The first-order valence-corrected chi connectivity index (χ1v) is 8.11. The Morgan fingerprint density at radius 1 is 1.15 bits per heavy atom. The van der Waals surface area contributed by atoms with Gasteiger partial charge in [0.1, 0.15) is 5.75 Å². The van der Waals surface area contributed by atoms with E-state index in [0.29, 0.717) is 11.6 Å². The molecule has 0 radical (unpaired) electrons. The van der Waals surface area contributed by atoms with Crippen LogP contribution in [0.2, 0.25) is 5.02 Å². The molecule has 0 spiro atoms. The molecular formula is C15H14Br2ClNO. The first-order chi connectivity index (χ1) is 9.51. The van der Waals surface area contributed by atoms with Crippen molar-refractivity contribution in [2.75, 3.05) is 6.61 Å². The quantitative estimate of drug-likeness (QED) is 0.729. The van der Waals surface area contributed by atoms with Gasteiger partial charge in [-0.1, -0.05) is 33.6 Å². The van der Waals surface area contributed by atoms with Gasteiger partial charge in [-0.2, -0.15) is 0 Å². The molecule has 0 bridgehead atoms. The molecule has 0 aliphatic rings. The average molecular weight is 420 g/mol. The lowest BCUT2D eigenvalue weighted by Crippen LogP contribution is -2.12. The van der Waals surface area contributed by atoms with E-state index in [1.54, 1.807) is 0 Å². The fourth-order valence-corrected chi connectivity index (χ4v) is 3.33. The van der Waals surface area contributed by atoms with Crippen LogP contribution in [-0.2, 0) is 0 Å². The molecule has 5 heteroatoms. The highest BCUT2D eigenvalue weighted by molar-refractivity contribution is 9.10. The van der Waals surface area contributed by atoms with Crippen molar-refractivity contribution in [1.29, 1.82) is 0 Å². The molecule has 1 unspecified atom stereocenters. The van der Waals surface area contributed by atoms with Crippen LogP contribution in [0.1, 0.15) is 24.1 Å². The molecule has 2 N–H and O–H groups in total. The van der Waals surface area contributed by atoms with Crippen molar-refractivity contribution >= 4 is 43.5 Å². The predicted molar refractivity (Wildman–Crippen MR) is 90.5 cm³/mol. The van der Waals surface area contributed by atoms with Crippen LogP contribution in [0.3, 0.4) is 0 Å². The molecule has 2 aromatic carbocycles. The Morgan fingerprint density at radius 2 is 1.90 bits per heavy atom. The lowest BCUT2D eigenvalue weighted by molar-refractivity contribution is 0.338. The maximum atomic E-state index is 6.31. The zero-order chi connectivity index (χ0) is 14.7. The fourth-order valence-electron chi connectivity index (χ4n) is 1.93. The third-order valence-corrected chi connectivity index (χ3v) is 4.15. The number of ether oxygens (including phenoxy) is 1. The van der Waals surface area contributed by atoms with Gasteiger partial charge in [-0.3, -0.25) is 0 Å². The Balaban J connectivity index is 2.33. The van der Waals surface area contributed by atoms with Crippen molar-refractivity contribution in [3.8, 4) is 5.75 Å². The summed E-state index contributed by atoms with van der Waals surface area (Å²) < 4.78 is 7.31. The van der Waals surface area contributed by atoms with Crippen LogP contribution in [0.15, 0.2) is 45.3 Å². The van der Waals surface area contributed by atoms with E-state index in [2.05, 4.69) is 31.9 Å². The van der Waals surface area contributed by atoms with Crippen molar-refractivity contribution < 1.29 is 4.74 Å². The van der Waals surface area contributed by atoms with Gasteiger partial charge in [-0.25, -0.2) is 0 Å². The molecular weight excluding hydrogens is 405 g/mol. The first-order valence-electron chi connectivity index (χ1n) is 6.15. The maximum absolute atomic E-state index is 6.31. The molecule has 2 aromatic rings. The molecule has 0 fully saturated rings. The summed E-state index contributed by atoms with van der Waals surface area (Å²) in [5.74, 6) is 0.815. The number of nitrogens with two attached hydrogens (primary N) is 1. The van der Waals surface area contributed by atoms with E-state index in [9.17, 15) is 0 Å². The average Bonchev–Trinajstić information content (AvgIpc) is 2.39. The zero-order valence-corrected chi connectivity index (χ0v) is 14.8. The minimum atomic E-state index is -0.239. The Bertz CT molecular complexity index is 599. The van der Waals surface area contributed by atoms with Crippen molar-refractivity contribution in [2.24, 2.45) is 5.73 Å². The minimum Gasteiger partial charge on any atom is -0.493 e. The Morgan fingerprint density at radius 3 is 2.50 bits per heavy atom. The number of hydrogen-bond donors (Lipinski definition) is 1. The van der Waals surface area contributed by atoms with Crippen LogP contribution < -0.4 is 10.5 Å². The third kappa shape index (κ3) is 3.76. The summed E-state index contributed by atoms with van der Waals surface area (Å²) in [6.07, 6.45) is 0. The summed E-state index contributed by atoms with van der Waals surface area (Å²) in [5, 5.41) is 0.662. The lowest BCUT2D eigenvalue weighted by Gasteiger charge is -2.15. The van der Waals surface area contributed by atoms with Crippen molar-refractivity contribution in [3.63, 3.8) is 0 Å². The van der Waals surface area contributed by atoms with Crippen LogP contribution in [0.25, 0.3) is 0 Å². The number of rotatable bonds is 4. The second-order valence-electron chi connectivity index (χ2n) is 4.30. The molecule has 0 heterocycles. The molecule has 0 amide bonds. The summed E-state index contributed by atoms with van der Waals surface area (Å²) in [6, 6.07) is 11.3. The summed E-state index contributed by atoms with van der Waals surface area (Å²) >= 11 is 13.0. The highest BCUT2D eigenvalue weighted by Gasteiger charge is 2.12. The van der Waals surface area contributed by atoms with Gasteiger partial charge in [0.2, 0.25) is 0 Å². The van der Waals surface area contributed by atoms with Crippen LogP contribution in [0.5, 0.6) is 5.75 Å². The monoisotopic (exact) mass is 417 g/mol. The van der Waals surface area contributed by atoms with Crippen LogP contribution in [-0.4, -0.2) is 6.61 Å².